The van der Waals surface area contributed by atoms with Crippen LogP contribution in [-0.2, 0) is 0 Å². The number of hydrogen-bond donors (Lipinski definition) is 1. The van der Waals surface area contributed by atoms with E-state index in [1.54, 1.807) is 11.3 Å². The number of hydrogen-bond acceptors (Lipinski definition) is 4. The normalized spacial score (nSPS) is 23.0. The molecule has 6 heteroatoms. The van der Waals surface area contributed by atoms with Gasteiger partial charge in [0.25, 0.3) is 0 Å². The van der Waals surface area contributed by atoms with Gasteiger partial charge >= 0.3 is 6.03 Å². The smallest absolute Gasteiger partial charge is 0.317 e. The lowest BCUT2D eigenvalue weighted by molar-refractivity contribution is 0.190. The lowest BCUT2D eigenvalue weighted by Gasteiger charge is -2.26. The Morgan fingerprint density at radius 3 is 2.78 bits per heavy atom. The Kier molecular flexibility index (Phi) is 4.92. The molecule has 2 aliphatic rings. The van der Waals surface area contributed by atoms with Gasteiger partial charge in [-0.2, -0.15) is 0 Å². The molecule has 2 atom stereocenters. The van der Waals surface area contributed by atoms with Crippen molar-refractivity contribution in [1.82, 2.24) is 20.1 Å². The van der Waals surface area contributed by atoms with Gasteiger partial charge in [0.05, 0.1) is 16.7 Å². The number of aryl methyl sites for hydroxylation is 2. The highest BCUT2D eigenvalue weighted by Crippen LogP contribution is 2.31. The van der Waals surface area contributed by atoms with Gasteiger partial charge in [-0.25, -0.2) is 9.78 Å². The number of thiazole rings is 1. The highest BCUT2D eigenvalue weighted by molar-refractivity contribution is 7.11. The topological polar surface area (TPSA) is 48.5 Å². The molecule has 1 saturated heterocycles. The Morgan fingerprint density at radius 2 is 2.17 bits per heavy atom. The number of nitrogens with one attached hydrogen (secondary N) is 1. The highest BCUT2D eigenvalue weighted by Gasteiger charge is 2.31. The molecule has 2 amide bonds. The lowest BCUT2D eigenvalue weighted by Crippen LogP contribution is -2.45. The van der Waals surface area contributed by atoms with Crippen molar-refractivity contribution < 1.29 is 4.79 Å². The second kappa shape index (κ2) is 6.77. The number of rotatable bonds is 5. The number of carbonyl (C=O) groups is 1. The Morgan fingerprint density at radius 1 is 1.43 bits per heavy atom. The quantitative estimate of drug-likeness (QED) is 0.899. The molecule has 0 spiro atoms. The molecule has 3 rings (SSSR count). The zero-order valence-electron chi connectivity index (χ0n) is 14.6. The summed E-state index contributed by atoms with van der Waals surface area (Å²) in [6.07, 6.45) is 3.85. The summed E-state index contributed by atoms with van der Waals surface area (Å²) in [6.45, 7) is 9.46. The van der Waals surface area contributed by atoms with Crippen LogP contribution in [0.5, 0.6) is 0 Å². The first-order chi connectivity index (χ1) is 10.9. The van der Waals surface area contributed by atoms with Crippen LogP contribution in [0.1, 0.15) is 47.8 Å². The summed E-state index contributed by atoms with van der Waals surface area (Å²) in [6, 6.07) is 0.381. The maximum atomic E-state index is 12.6. The van der Waals surface area contributed by atoms with E-state index in [0.717, 1.165) is 36.1 Å². The first-order valence-electron chi connectivity index (χ1n) is 8.63. The first-order valence-corrected chi connectivity index (χ1v) is 9.45. The third-order valence-electron chi connectivity index (χ3n) is 5.03. The van der Waals surface area contributed by atoms with E-state index in [1.807, 2.05) is 25.8 Å². The predicted molar refractivity (Wildman–Crippen MR) is 93.9 cm³/mol. The van der Waals surface area contributed by atoms with E-state index in [0.29, 0.717) is 6.04 Å². The molecule has 0 radical (unpaired) electrons. The molecule has 1 N–H and O–H groups in total. The third kappa shape index (κ3) is 4.04. The van der Waals surface area contributed by atoms with E-state index in [9.17, 15) is 4.79 Å². The fourth-order valence-electron chi connectivity index (χ4n) is 3.34. The number of urea groups is 1. The number of likely N-dealkylation sites (tertiary alicyclic amines) is 1. The molecular formula is C17H28N4OS. The van der Waals surface area contributed by atoms with Crippen LogP contribution in [0.3, 0.4) is 0 Å². The van der Waals surface area contributed by atoms with Crippen molar-refractivity contribution in [2.24, 2.45) is 5.92 Å². The van der Waals surface area contributed by atoms with Crippen LogP contribution in [0.25, 0.3) is 0 Å². The molecular weight excluding hydrogens is 308 g/mol. The van der Waals surface area contributed by atoms with Crippen molar-refractivity contribution in [3.8, 4) is 0 Å². The minimum atomic E-state index is 0.0289. The van der Waals surface area contributed by atoms with Crippen molar-refractivity contribution in [1.29, 1.82) is 0 Å². The first kappa shape index (κ1) is 16.7. The van der Waals surface area contributed by atoms with Gasteiger partial charge in [0.2, 0.25) is 0 Å². The Labute approximate surface area is 143 Å². The molecule has 1 aliphatic heterocycles. The molecule has 2 heterocycles. The fraction of sp³-hybridized carbons (Fsp3) is 0.765. The maximum absolute atomic E-state index is 12.6. The van der Waals surface area contributed by atoms with Crippen LogP contribution < -0.4 is 5.32 Å². The maximum Gasteiger partial charge on any atom is 0.317 e. The largest absolute Gasteiger partial charge is 0.334 e. The molecule has 0 bridgehead atoms. The molecule has 1 saturated carbocycles. The standard InChI is InChI=1S/C17H28N4OS/c1-11-16(23-13(3)18-11)12(2)20(4)17(22)19-15-7-8-21(10-15)9-14-5-6-14/h12,14-15H,5-10H2,1-4H3,(H,19,22)/t12-,15-/m0/s1. The average molecular weight is 337 g/mol. The Bertz CT molecular complexity index is 569. The van der Waals surface area contributed by atoms with Gasteiger partial charge in [-0.3, -0.25) is 0 Å². The number of nitrogens with zero attached hydrogens (tertiary/aromatic N) is 3. The van der Waals surface area contributed by atoms with E-state index < -0.39 is 0 Å². The number of carbonyl (C=O) groups excluding carboxylic acids is 1. The molecule has 1 aromatic heterocycles. The number of aromatic nitrogens is 1. The second-order valence-corrected chi connectivity index (χ2v) is 8.34. The van der Waals surface area contributed by atoms with Crippen LogP contribution >= 0.6 is 11.3 Å². The Hall–Kier alpha value is -1.14. The second-order valence-electron chi connectivity index (χ2n) is 7.11. The van der Waals surface area contributed by atoms with E-state index in [2.05, 4.69) is 22.1 Å². The van der Waals surface area contributed by atoms with Crippen LogP contribution in [0.2, 0.25) is 0 Å². The minimum absolute atomic E-state index is 0.0289. The predicted octanol–water partition coefficient (Wildman–Crippen LogP) is 2.95. The molecule has 0 aromatic carbocycles. The van der Waals surface area contributed by atoms with Gasteiger partial charge in [0, 0.05) is 37.6 Å². The van der Waals surface area contributed by atoms with Crippen molar-refractivity contribution in [2.75, 3.05) is 26.7 Å². The van der Waals surface area contributed by atoms with Gasteiger partial charge in [0.15, 0.2) is 0 Å². The zero-order chi connectivity index (χ0) is 16.6. The SMILES string of the molecule is Cc1nc(C)c([C@H](C)N(C)C(=O)N[C@H]2CCN(CC3CC3)C2)s1. The van der Waals surface area contributed by atoms with Gasteiger partial charge in [-0.05, 0) is 46.0 Å². The van der Waals surface area contributed by atoms with Crippen molar-refractivity contribution >= 4 is 17.4 Å². The summed E-state index contributed by atoms with van der Waals surface area (Å²) in [4.78, 5) is 22.5. The minimum Gasteiger partial charge on any atom is -0.334 e. The molecule has 1 aliphatic carbocycles. The van der Waals surface area contributed by atoms with E-state index >= 15 is 0 Å². The van der Waals surface area contributed by atoms with Crippen LogP contribution in [0.4, 0.5) is 4.79 Å². The Balaban J connectivity index is 1.52. The highest BCUT2D eigenvalue weighted by atomic mass is 32.1. The van der Waals surface area contributed by atoms with E-state index in [4.69, 9.17) is 0 Å². The summed E-state index contributed by atoms with van der Waals surface area (Å²) in [7, 11) is 1.88. The summed E-state index contributed by atoms with van der Waals surface area (Å²) in [5, 5.41) is 4.27. The van der Waals surface area contributed by atoms with E-state index in [1.165, 1.54) is 24.3 Å². The summed E-state index contributed by atoms with van der Waals surface area (Å²) in [5.41, 5.74) is 1.04. The number of amides is 2. The van der Waals surface area contributed by atoms with Crippen molar-refractivity contribution in [3.63, 3.8) is 0 Å². The van der Waals surface area contributed by atoms with E-state index in [-0.39, 0.29) is 12.1 Å². The molecule has 0 unspecified atom stereocenters. The molecule has 23 heavy (non-hydrogen) atoms. The average Bonchev–Trinajstić information content (AvgIpc) is 3.10. The monoisotopic (exact) mass is 336 g/mol. The molecule has 1 aromatic rings. The lowest BCUT2D eigenvalue weighted by atomic mass is 10.2. The summed E-state index contributed by atoms with van der Waals surface area (Å²) >= 11 is 1.68. The molecule has 2 fully saturated rings. The van der Waals surface area contributed by atoms with Gasteiger partial charge in [-0.15, -0.1) is 11.3 Å². The van der Waals surface area contributed by atoms with Crippen molar-refractivity contribution in [2.45, 2.75) is 52.1 Å². The fourth-order valence-corrected chi connectivity index (χ4v) is 4.37. The molecule has 5 nitrogen and oxygen atoms in total. The summed E-state index contributed by atoms with van der Waals surface area (Å²) < 4.78 is 0. The van der Waals surface area contributed by atoms with Crippen LogP contribution in [0.15, 0.2) is 0 Å². The van der Waals surface area contributed by atoms with Gasteiger partial charge in [-0.1, -0.05) is 0 Å². The van der Waals surface area contributed by atoms with Crippen LogP contribution in [-0.4, -0.2) is 53.5 Å². The third-order valence-corrected chi connectivity index (χ3v) is 6.28. The zero-order valence-corrected chi connectivity index (χ0v) is 15.4. The molecule has 128 valence electrons. The summed E-state index contributed by atoms with van der Waals surface area (Å²) in [5.74, 6) is 0.921. The van der Waals surface area contributed by atoms with Crippen molar-refractivity contribution in [3.05, 3.63) is 15.6 Å². The van der Waals surface area contributed by atoms with Gasteiger partial charge in [0.1, 0.15) is 0 Å². The van der Waals surface area contributed by atoms with Gasteiger partial charge < -0.3 is 15.1 Å². The van der Waals surface area contributed by atoms with Crippen LogP contribution in [0, 0.1) is 19.8 Å².